The molecule has 3 rings (SSSR count). The van der Waals surface area contributed by atoms with Crippen molar-refractivity contribution in [3.8, 4) is 11.4 Å². The second-order valence-electron chi connectivity index (χ2n) is 7.86. The Morgan fingerprint density at radius 3 is 2.75 bits per heavy atom. The molecular formula is C21H24FN3O2S. The van der Waals surface area contributed by atoms with E-state index < -0.39 is 0 Å². The number of carbonyl (C=O) groups is 1. The summed E-state index contributed by atoms with van der Waals surface area (Å²) in [5.74, 6) is 0.287. The molecule has 2 aromatic heterocycles. The van der Waals surface area contributed by atoms with Crippen LogP contribution >= 0.6 is 11.3 Å². The van der Waals surface area contributed by atoms with Gasteiger partial charge in [-0.3, -0.25) is 4.79 Å². The fraction of sp³-hybridized carbons (Fsp3) is 0.381. The van der Waals surface area contributed by atoms with E-state index in [-0.39, 0.29) is 29.6 Å². The van der Waals surface area contributed by atoms with Crippen LogP contribution < -0.4 is 5.32 Å². The number of rotatable bonds is 6. The number of halogens is 1. The number of carbonyl (C=O) groups excluding carboxylic acids is 1. The third-order valence-electron chi connectivity index (χ3n) is 4.46. The summed E-state index contributed by atoms with van der Waals surface area (Å²) in [5.41, 5.74) is 1.00. The average Bonchev–Trinajstić information content (AvgIpc) is 3.31. The summed E-state index contributed by atoms with van der Waals surface area (Å²) in [6.07, 6.45) is 0.566. The lowest BCUT2D eigenvalue weighted by molar-refractivity contribution is -0.122. The highest BCUT2D eigenvalue weighted by atomic mass is 32.1. The van der Waals surface area contributed by atoms with Crippen molar-refractivity contribution in [2.75, 3.05) is 0 Å². The fourth-order valence-corrected chi connectivity index (χ4v) is 3.85. The van der Waals surface area contributed by atoms with Crippen LogP contribution in [0.2, 0.25) is 0 Å². The predicted molar refractivity (Wildman–Crippen MR) is 107 cm³/mol. The maximum absolute atomic E-state index is 13.7. The molecule has 0 saturated heterocycles. The SMILES string of the molecule is Cc1ccc(-c2noc(CCC(=O)NC(c3cccs3)C(C)(C)C)n2)cc1F. The Bertz CT molecular complexity index is 945. The lowest BCUT2D eigenvalue weighted by atomic mass is 9.85. The summed E-state index contributed by atoms with van der Waals surface area (Å²) in [6.45, 7) is 7.99. The first-order valence-corrected chi connectivity index (χ1v) is 10.0. The number of hydrogen-bond acceptors (Lipinski definition) is 5. The molecule has 7 heteroatoms. The Kier molecular flexibility index (Phi) is 5.93. The zero-order valence-electron chi connectivity index (χ0n) is 16.5. The zero-order chi connectivity index (χ0) is 20.3. The largest absolute Gasteiger partial charge is 0.348 e. The van der Waals surface area contributed by atoms with Gasteiger partial charge in [0.2, 0.25) is 17.6 Å². The molecule has 148 valence electrons. The Labute approximate surface area is 168 Å². The molecule has 0 spiro atoms. The number of benzene rings is 1. The Morgan fingerprint density at radius 1 is 1.32 bits per heavy atom. The van der Waals surface area contributed by atoms with Gasteiger partial charge in [0.05, 0.1) is 6.04 Å². The molecule has 0 fully saturated rings. The molecule has 1 atom stereocenters. The molecule has 0 aliphatic rings. The van der Waals surface area contributed by atoms with Gasteiger partial charge in [0.25, 0.3) is 0 Å². The van der Waals surface area contributed by atoms with Crippen molar-refractivity contribution in [3.05, 3.63) is 57.9 Å². The quantitative estimate of drug-likeness (QED) is 0.625. The average molecular weight is 402 g/mol. The zero-order valence-corrected chi connectivity index (χ0v) is 17.3. The van der Waals surface area contributed by atoms with Gasteiger partial charge in [-0.05, 0) is 35.4 Å². The van der Waals surface area contributed by atoms with Gasteiger partial charge in [-0.25, -0.2) is 4.39 Å². The van der Waals surface area contributed by atoms with Gasteiger partial charge in [-0.1, -0.05) is 44.1 Å². The summed E-state index contributed by atoms with van der Waals surface area (Å²) in [7, 11) is 0. The van der Waals surface area contributed by atoms with Gasteiger partial charge in [0.1, 0.15) is 5.82 Å². The summed E-state index contributed by atoms with van der Waals surface area (Å²) in [5, 5.41) is 9.02. The first-order chi connectivity index (χ1) is 13.2. The lowest BCUT2D eigenvalue weighted by Crippen LogP contribution is -2.36. The van der Waals surface area contributed by atoms with Crippen molar-refractivity contribution in [3.63, 3.8) is 0 Å². The van der Waals surface area contributed by atoms with E-state index in [1.54, 1.807) is 30.4 Å². The van der Waals surface area contributed by atoms with Crippen LogP contribution in [-0.4, -0.2) is 16.0 Å². The monoisotopic (exact) mass is 401 g/mol. The Balaban J connectivity index is 1.62. The van der Waals surface area contributed by atoms with Crippen molar-refractivity contribution in [2.24, 2.45) is 5.41 Å². The molecule has 5 nitrogen and oxygen atoms in total. The van der Waals surface area contributed by atoms with E-state index in [4.69, 9.17) is 4.52 Å². The highest BCUT2D eigenvalue weighted by Gasteiger charge is 2.28. The molecule has 2 heterocycles. The second-order valence-corrected chi connectivity index (χ2v) is 8.84. The van der Waals surface area contributed by atoms with Crippen molar-refractivity contribution in [1.29, 1.82) is 0 Å². The minimum absolute atomic E-state index is 0.0613. The standard InChI is InChI=1S/C21H24FN3O2S/c1-13-7-8-14(12-15(13)22)20-24-18(27-25-20)10-9-17(26)23-19(21(2,3)4)16-6-5-11-28-16/h5-8,11-12,19H,9-10H2,1-4H3,(H,23,26). The fourth-order valence-electron chi connectivity index (χ4n) is 2.83. The number of amides is 1. The van der Waals surface area contributed by atoms with E-state index in [1.807, 2.05) is 17.5 Å². The van der Waals surface area contributed by atoms with E-state index in [1.165, 1.54) is 6.07 Å². The highest BCUT2D eigenvalue weighted by Crippen LogP contribution is 2.35. The molecule has 1 N–H and O–H groups in total. The van der Waals surface area contributed by atoms with E-state index in [9.17, 15) is 9.18 Å². The van der Waals surface area contributed by atoms with Crippen LogP contribution in [0.5, 0.6) is 0 Å². The van der Waals surface area contributed by atoms with Crippen molar-refractivity contribution in [1.82, 2.24) is 15.5 Å². The minimum Gasteiger partial charge on any atom is -0.348 e. The van der Waals surface area contributed by atoms with Gasteiger partial charge in [0, 0.05) is 23.3 Å². The van der Waals surface area contributed by atoms with Crippen molar-refractivity contribution in [2.45, 2.75) is 46.6 Å². The van der Waals surface area contributed by atoms with Gasteiger partial charge in [-0.15, -0.1) is 11.3 Å². The topological polar surface area (TPSA) is 68.0 Å². The first kappa shape index (κ1) is 20.2. The maximum Gasteiger partial charge on any atom is 0.227 e. The van der Waals surface area contributed by atoms with E-state index >= 15 is 0 Å². The molecular weight excluding hydrogens is 377 g/mol. The molecule has 1 unspecified atom stereocenters. The molecule has 1 amide bonds. The van der Waals surface area contributed by atoms with E-state index in [2.05, 4.69) is 36.2 Å². The Hall–Kier alpha value is -2.54. The summed E-state index contributed by atoms with van der Waals surface area (Å²) in [6, 6.07) is 8.75. The molecule has 0 radical (unpaired) electrons. The second kappa shape index (κ2) is 8.22. The minimum atomic E-state index is -0.315. The predicted octanol–water partition coefficient (Wildman–Crippen LogP) is 5.08. The van der Waals surface area contributed by atoms with Crippen molar-refractivity contribution >= 4 is 17.2 Å². The van der Waals surface area contributed by atoms with Crippen LogP contribution in [0.3, 0.4) is 0 Å². The van der Waals surface area contributed by atoms with Crippen LogP contribution in [0, 0.1) is 18.2 Å². The van der Waals surface area contributed by atoms with Crippen molar-refractivity contribution < 1.29 is 13.7 Å². The number of hydrogen-bond donors (Lipinski definition) is 1. The molecule has 0 saturated carbocycles. The van der Waals surface area contributed by atoms with Gasteiger partial charge in [-0.2, -0.15) is 4.98 Å². The third-order valence-corrected chi connectivity index (χ3v) is 5.40. The number of nitrogens with one attached hydrogen (secondary N) is 1. The van der Waals surface area contributed by atoms with Gasteiger partial charge in [0.15, 0.2) is 0 Å². The van der Waals surface area contributed by atoms with Crippen LogP contribution in [0.4, 0.5) is 4.39 Å². The Morgan fingerprint density at radius 2 is 2.11 bits per heavy atom. The summed E-state index contributed by atoms with van der Waals surface area (Å²) < 4.78 is 18.9. The van der Waals surface area contributed by atoms with Crippen LogP contribution in [0.25, 0.3) is 11.4 Å². The third kappa shape index (κ3) is 4.84. The molecule has 3 aromatic rings. The van der Waals surface area contributed by atoms with Crippen LogP contribution in [0.15, 0.2) is 40.2 Å². The molecule has 0 aliphatic carbocycles. The molecule has 1 aromatic carbocycles. The lowest BCUT2D eigenvalue weighted by Gasteiger charge is -2.30. The number of aryl methyl sites for hydroxylation is 2. The van der Waals surface area contributed by atoms with Crippen LogP contribution in [0.1, 0.15) is 49.6 Å². The molecule has 0 bridgehead atoms. The summed E-state index contributed by atoms with van der Waals surface area (Å²) in [4.78, 5) is 17.9. The number of thiophene rings is 1. The van der Waals surface area contributed by atoms with E-state index in [0.29, 0.717) is 29.3 Å². The number of aromatic nitrogens is 2. The smallest absolute Gasteiger partial charge is 0.227 e. The molecule has 0 aliphatic heterocycles. The highest BCUT2D eigenvalue weighted by molar-refractivity contribution is 7.10. The maximum atomic E-state index is 13.7. The van der Waals surface area contributed by atoms with Gasteiger partial charge < -0.3 is 9.84 Å². The first-order valence-electron chi connectivity index (χ1n) is 9.16. The normalized spacial score (nSPS) is 12.8. The van der Waals surface area contributed by atoms with Gasteiger partial charge >= 0.3 is 0 Å². The van der Waals surface area contributed by atoms with E-state index in [0.717, 1.165) is 4.88 Å². The summed E-state index contributed by atoms with van der Waals surface area (Å²) >= 11 is 1.63. The van der Waals surface area contributed by atoms with Crippen LogP contribution in [-0.2, 0) is 11.2 Å². The molecule has 28 heavy (non-hydrogen) atoms. The number of nitrogens with zero attached hydrogens (tertiary/aromatic N) is 2.